The fraction of sp³-hybridized carbons (Fsp3) is 0.352. The Labute approximate surface area is 423 Å². The molecule has 4 atom stereocenters. The van der Waals surface area contributed by atoms with Crippen LogP contribution >= 0.6 is 22.9 Å². The van der Waals surface area contributed by atoms with Gasteiger partial charge in [-0.2, -0.15) is 0 Å². The minimum absolute atomic E-state index is 0.0488. The van der Waals surface area contributed by atoms with Crippen LogP contribution in [0.3, 0.4) is 0 Å². The summed E-state index contributed by atoms with van der Waals surface area (Å²) < 4.78 is 46.2. The number of likely N-dealkylation sites (N-methyl/N-ethyl adjacent to an activating group) is 1. The first-order valence-electron chi connectivity index (χ1n) is 24.1. The SMILES string of the molecule is CO[C@@H]1CC[C@H](O)[C@@H](COc2ccc(-c3nccc(COc4ccc5cc4C[C@H](C(=O)O)Oc4ncnc6sc7c8ccc(F)cc8c8c(Cl)c(ccc8c7c46)CN(CCN4CCN(C)CC4)C5)n3)cc2)O1. The Morgan fingerprint density at radius 1 is 0.861 bits per heavy atom. The number of aliphatic carboxylic acids is 1. The highest BCUT2D eigenvalue weighted by Gasteiger charge is 2.31. The van der Waals surface area contributed by atoms with Gasteiger partial charge in [0.15, 0.2) is 12.1 Å². The molecule has 6 bridgehead atoms. The molecule has 18 heteroatoms. The van der Waals surface area contributed by atoms with Crippen molar-refractivity contribution in [1.82, 2.24) is 34.6 Å². The van der Waals surface area contributed by atoms with Crippen LogP contribution in [0.15, 0.2) is 91.4 Å². The zero-order chi connectivity index (χ0) is 49.5. The van der Waals surface area contributed by atoms with Crippen molar-refractivity contribution in [2.45, 2.75) is 63.6 Å². The number of hydrogen-bond acceptors (Lipinski definition) is 15. The molecule has 4 aliphatic heterocycles. The summed E-state index contributed by atoms with van der Waals surface area (Å²) in [5, 5.41) is 26.1. The topological polar surface area (TPSA) is 165 Å². The van der Waals surface area contributed by atoms with Gasteiger partial charge in [0.05, 0.1) is 22.2 Å². The van der Waals surface area contributed by atoms with Crippen LogP contribution in [0.5, 0.6) is 17.4 Å². The number of carbonyl (C=O) groups is 1. The Bertz CT molecular complexity index is 3300. The number of methoxy groups -OCH3 is 1. The average molecular weight is 1010 g/mol. The number of thiophene rings is 1. The van der Waals surface area contributed by atoms with E-state index < -0.39 is 24.3 Å². The summed E-state index contributed by atoms with van der Waals surface area (Å²) >= 11 is 8.95. The Kier molecular flexibility index (Phi) is 13.9. The largest absolute Gasteiger partial charge is 0.491 e. The van der Waals surface area contributed by atoms with Gasteiger partial charge >= 0.3 is 5.97 Å². The highest BCUT2D eigenvalue weighted by atomic mass is 35.5. The molecule has 3 aromatic heterocycles. The van der Waals surface area contributed by atoms with E-state index in [0.717, 1.165) is 76.8 Å². The fourth-order valence-electron chi connectivity index (χ4n) is 10.0. The summed E-state index contributed by atoms with van der Waals surface area (Å²) in [4.78, 5) is 39.7. The maximum atomic E-state index is 15.2. The second-order valence-corrected chi connectivity index (χ2v) is 20.1. The molecule has 12 rings (SSSR count). The maximum Gasteiger partial charge on any atom is 0.345 e. The Hall–Kier alpha value is -6.15. The van der Waals surface area contributed by atoms with Gasteiger partial charge in [0.25, 0.3) is 0 Å². The number of ether oxygens (including phenoxy) is 5. The number of hydrogen-bond donors (Lipinski definition) is 2. The van der Waals surface area contributed by atoms with E-state index in [4.69, 9.17) is 40.3 Å². The zero-order valence-corrected chi connectivity index (χ0v) is 41.4. The molecule has 7 heterocycles. The quantitative estimate of drug-likeness (QED) is 0.112. The molecule has 372 valence electrons. The molecule has 15 nitrogen and oxygen atoms in total. The van der Waals surface area contributed by atoms with Crippen LogP contribution in [-0.4, -0.2) is 135 Å². The van der Waals surface area contributed by atoms with E-state index in [2.05, 4.69) is 36.7 Å². The van der Waals surface area contributed by atoms with Crippen LogP contribution in [0.1, 0.15) is 35.2 Å². The van der Waals surface area contributed by atoms with E-state index in [0.29, 0.717) is 80.5 Å². The van der Waals surface area contributed by atoms with Gasteiger partial charge in [-0.3, -0.25) is 9.80 Å². The van der Waals surface area contributed by atoms with Gasteiger partial charge < -0.3 is 38.8 Å². The van der Waals surface area contributed by atoms with Gasteiger partial charge in [-0.15, -0.1) is 11.3 Å². The molecular formula is C54H53ClFN7O8S. The number of piperazine rings is 1. The van der Waals surface area contributed by atoms with Crippen LogP contribution in [0.2, 0.25) is 5.02 Å². The number of benzene rings is 5. The van der Waals surface area contributed by atoms with E-state index in [9.17, 15) is 15.0 Å². The van der Waals surface area contributed by atoms with Gasteiger partial charge in [0, 0.05) is 105 Å². The first kappa shape index (κ1) is 48.1. The van der Waals surface area contributed by atoms with E-state index in [-0.39, 0.29) is 37.6 Å². The van der Waals surface area contributed by atoms with Crippen molar-refractivity contribution >= 4 is 70.8 Å². The standard InChI is InChI=1S/C54H53ClFN7O8S/c1-61-17-19-62(20-18-61)21-22-63-26-31-3-13-42(69-28-36-15-16-57-51(60-36)32-4-8-37(9-5-32)68-29-44-41(64)12-14-45(67-2)70-44)34(23-31)24-43(54(65)66)71-52-48-47-39-10-6-33(27-63)49(55)46(39)40-25-35(56)7-11-38(40)50(47)72-53(48)59-30-58-52/h3-11,13,15-16,23,25,30,41,43-45,64H,12,14,17-22,24,26-29H2,1-2H3,(H,65,66)/t41-,43+,44+,45-/m0/s1. The Balaban J connectivity index is 0.918. The number of aliphatic hydroxyl groups excluding tert-OH is 1. The lowest BCUT2D eigenvalue weighted by Gasteiger charge is -2.34. The Morgan fingerprint density at radius 2 is 1.68 bits per heavy atom. The molecule has 0 aliphatic carbocycles. The minimum atomic E-state index is -1.38. The van der Waals surface area contributed by atoms with E-state index in [1.54, 1.807) is 25.4 Å². The van der Waals surface area contributed by atoms with Gasteiger partial charge in [0.2, 0.25) is 12.0 Å². The van der Waals surface area contributed by atoms with E-state index in [1.165, 1.54) is 29.8 Å². The van der Waals surface area contributed by atoms with Gasteiger partial charge in [-0.05, 0) is 89.5 Å². The van der Waals surface area contributed by atoms with Crippen LogP contribution < -0.4 is 14.2 Å². The fourth-order valence-corrected chi connectivity index (χ4v) is 11.5. The summed E-state index contributed by atoms with van der Waals surface area (Å²) in [6.07, 6.45) is 1.30. The lowest BCUT2D eigenvalue weighted by molar-refractivity contribution is -0.217. The van der Waals surface area contributed by atoms with Crippen LogP contribution in [-0.2, 0) is 40.4 Å². The molecule has 0 unspecified atom stereocenters. The lowest BCUT2D eigenvalue weighted by atomic mass is 9.95. The number of nitrogens with zero attached hydrogens (tertiary/aromatic N) is 7. The van der Waals surface area contributed by atoms with Crippen LogP contribution in [0, 0.1) is 5.82 Å². The van der Waals surface area contributed by atoms with Crippen LogP contribution in [0.25, 0.3) is 53.2 Å². The summed E-state index contributed by atoms with van der Waals surface area (Å²) in [5.74, 6) is 0.139. The number of rotatable bonds is 12. The summed E-state index contributed by atoms with van der Waals surface area (Å²) in [5.41, 5.74) is 3.85. The predicted molar refractivity (Wildman–Crippen MR) is 273 cm³/mol. The maximum absolute atomic E-state index is 15.2. The first-order chi connectivity index (χ1) is 35.0. The summed E-state index contributed by atoms with van der Waals surface area (Å²) in [7, 11) is 3.73. The van der Waals surface area contributed by atoms with Gasteiger partial charge in [-0.25, -0.2) is 29.1 Å². The number of halogens is 2. The van der Waals surface area contributed by atoms with E-state index >= 15 is 4.39 Å². The normalized spacial score (nSPS) is 20.3. The average Bonchev–Trinajstić information content (AvgIpc) is 3.79. The minimum Gasteiger partial charge on any atom is -0.491 e. The van der Waals surface area contributed by atoms with Crippen LogP contribution in [0.4, 0.5) is 4.39 Å². The molecule has 0 radical (unpaired) electrons. The number of fused-ring (bicyclic) bond motifs is 7. The number of aromatic nitrogens is 4. The lowest BCUT2D eigenvalue weighted by Crippen LogP contribution is -2.46. The molecule has 0 saturated carbocycles. The van der Waals surface area contributed by atoms with Gasteiger partial charge in [0.1, 0.15) is 47.8 Å². The molecule has 0 spiro atoms. The van der Waals surface area contributed by atoms with Crippen molar-refractivity contribution in [3.63, 3.8) is 0 Å². The van der Waals surface area contributed by atoms with Crippen molar-refractivity contribution in [2.24, 2.45) is 0 Å². The summed E-state index contributed by atoms with van der Waals surface area (Å²) in [6.45, 7) is 6.77. The molecule has 4 aliphatic rings. The first-order valence-corrected chi connectivity index (χ1v) is 25.3. The molecule has 2 saturated heterocycles. The highest BCUT2D eigenvalue weighted by molar-refractivity contribution is 7.26. The van der Waals surface area contributed by atoms with E-state index in [1.807, 2.05) is 54.6 Å². The molecule has 5 aromatic carbocycles. The molecule has 2 N–H and O–H groups in total. The van der Waals surface area contributed by atoms with Crippen molar-refractivity contribution in [3.8, 4) is 28.8 Å². The highest BCUT2D eigenvalue weighted by Crippen LogP contribution is 2.48. The number of carboxylic acid groups (broad SMARTS) is 1. The summed E-state index contributed by atoms with van der Waals surface area (Å²) in [6, 6.07) is 23.9. The second-order valence-electron chi connectivity index (χ2n) is 18.7. The molecule has 72 heavy (non-hydrogen) atoms. The predicted octanol–water partition coefficient (Wildman–Crippen LogP) is 8.51. The van der Waals surface area contributed by atoms with Gasteiger partial charge in [-0.1, -0.05) is 41.9 Å². The van der Waals surface area contributed by atoms with Crippen molar-refractivity contribution in [1.29, 1.82) is 0 Å². The molecular weight excluding hydrogens is 961 g/mol. The smallest absolute Gasteiger partial charge is 0.345 e. The van der Waals surface area contributed by atoms with Crippen molar-refractivity contribution < 1.29 is 43.1 Å². The third-order valence-corrected chi connectivity index (χ3v) is 15.5. The third kappa shape index (κ3) is 10.00. The molecule has 2 fully saturated rings. The Morgan fingerprint density at radius 3 is 2.50 bits per heavy atom. The number of aliphatic hydroxyl groups is 1. The molecule has 0 amide bonds. The number of carboxylic acids is 1. The van der Waals surface area contributed by atoms with Crippen molar-refractivity contribution in [3.05, 3.63) is 125 Å². The monoisotopic (exact) mass is 1010 g/mol. The third-order valence-electron chi connectivity index (χ3n) is 14.0. The second kappa shape index (κ2) is 20.8. The molecule has 8 aromatic rings. The zero-order valence-electron chi connectivity index (χ0n) is 39.8. The van der Waals surface area contributed by atoms with Crippen molar-refractivity contribution in [2.75, 3.05) is 60.0 Å².